The summed E-state index contributed by atoms with van der Waals surface area (Å²) in [7, 11) is 0. The van der Waals surface area contributed by atoms with Gasteiger partial charge in [0.2, 0.25) is 0 Å². The fourth-order valence-electron chi connectivity index (χ4n) is 3.23. The van der Waals surface area contributed by atoms with E-state index in [9.17, 15) is 24.0 Å². The van der Waals surface area contributed by atoms with E-state index in [2.05, 4.69) is 10.3 Å². The third-order valence-electron chi connectivity index (χ3n) is 5.04. The van der Waals surface area contributed by atoms with Gasteiger partial charge in [-0.1, -0.05) is 38.5 Å². The molecule has 2 rings (SSSR count). The molecule has 0 spiro atoms. The second-order valence-corrected chi connectivity index (χ2v) is 7.71. The van der Waals surface area contributed by atoms with Gasteiger partial charge < -0.3 is 20.7 Å². The molecule has 34 heavy (non-hydrogen) atoms. The van der Waals surface area contributed by atoms with Gasteiger partial charge in [-0.2, -0.15) is 0 Å². The number of rotatable bonds is 11. The van der Waals surface area contributed by atoms with E-state index in [-0.39, 0.29) is 24.6 Å². The summed E-state index contributed by atoms with van der Waals surface area (Å²) in [6.07, 6.45) is 1.86. The predicted molar refractivity (Wildman–Crippen MR) is 128 cm³/mol. The Morgan fingerprint density at radius 3 is 2.44 bits per heavy atom. The van der Waals surface area contributed by atoms with Crippen molar-refractivity contribution >= 4 is 29.3 Å². The maximum atomic E-state index is 12.9. The van der Waals surface area contributed by atoms with Gasteiger partial charge in [-0.25, -0.2) is 9.59 Å². The number of aromatic nitrogens is 2. The number of nitrogens with two attached hydrogens (primary N) is 1. The Labute approximate surface area is 196 Å². The quantitative estimate of drug-likeness (QED) is 0.411. The number of ether oxygens (including phenoxy) is 1. The van der Waals surface area contributed by atoms with Crippen LogP contribution < -0.4 is 27.2 Å². The number of aromatic amines is 1. The van der Waals surface area contributed by atoms with Crippen LogP contribution in [0.3, 0.4) is 0 Å². The summed E-state index contributed by atoms with van der Waals surface area (Å²) in [5.41, 5.74) is 4.85. The summed E-state index contributed by atoms with van der Waals surface area (Å²) in [6, 6.07) is 7.34. The maximum Gasteiger partial charge on any atom is 0.330 e. The summed E-state index contributed by atoms with van der Waals surface area (Å²) in [5, 5.41) is 2.51. The number of nitrogens with one attached hydrogen (secondary N) is 2. The highest BCUT2D eigenvalue weighted by atomic mass is 16.5. The van der Waals surface area contributed by atoms with Gasteiger partial charge in [-0.05, 0) is 31.9 Å². The van der Waals surface area contributed by atoms with Crippen LogP contribution in [0.15, 0.2) is 39.9 Å². The van der Waals surface area contributed by atoms with Crippen LogP contribution in [-0.2, 0) is 20.9 Å². The van der Waals surface area contributed by atoms with E-state index < -0.39 is 41.7 Å². The van der Waals surface area contributed by atoms with E-state index >= 15 is 0 Å². The van der Waals surface area contributed by atoms with Crippen molar-refractivity contribution in [2.24, 2.45) is 0 Å². The molecule has 0 saturated carbocycles. The number of anilines is 2. The first kappa shape index (κ1) is 26.4. The van der Waals surface area contributed by atoms with Crippen LogP contribution in [0.1, 0.15) is 50.4 Å². The molecule has 2 aromatic rings. The molecule has 4 N–H and O–H groups in total. The molecule has 184 valence electrons. The molecule has 0 aliphatic rings. The minimum Gasteiger partial charge on any atom is -0.454 e. The average molecular weight is 474 g/mol. The summed E-state index contributed by atoms with van der Waals surface area (Å²) in [6.45, 7) is 4.92. The highest BCUT2D eigenvalue weighted by Gasteiger charge is 2.26. The van der Waals surface area contributed by atoms with Crippen LogP contribution >= 0.6 is 0 Å². The number of amides is 2. The van der Waals surface area contributed by atoms with Crippen molar-refractivity contribution in [3.63, 3.8) is 0 Å². The van der Waals surface area contributed by atoms with Crippen molar-refractivity contribution in [2.75, 3.05) is 23.8 Å². The molecule has 0 aliphatic heterocycles. The number of nitrogen functional groups attached to an aromatic ring is 1. The number of nitrogens with zero attached hydrogens (tertiary/aromatic N) is 2. The standard InChI is InChI=1S/C23H31N5O6/c1-4-6-13-27(18-19(24)28(12-5-2)23(33)26-21(18)31)17(29)14-34-22(32)15(3)25-20(30)16-10-8-7-9-11-16/h7-11,15H,4-6,12-14,24H2,1-3H3,(H,25,30)(H,26,31,33)/t15-/m0/s1. The molecular weight excluding hydrogens is 442 g/mol. The normalized spacial score (nSPS) is 11.5. The SMILES string of the molecule is CCCCN(C(=O)COC(=O)[C@H](C)NC(=O)c1ccccc1)c1c(N)n(CCC)c(=O)[nH]c1=O. The zero-order valence-corrected chi connectivity index (χ0v) is 19.6. The Hall–Kier alpha value is -3.89. The number of carbonyl (C=O) groups excluding carboxylic acids is 3. The fraction of sp³-hybridized carbons (Fsp3) is 0.435. The second kappa shape index (κ2) is 12.4. The Bertz CT molecular complexity index is 1120. The van der Waals surface area contributed by atoms with E-state index in [0.29, 0.717) is 18.4 Å². The van der Waals surface area contributed by atoms with E-state index in [1.165, 1.54) is 11.5 Å². The molecule has 0 bridgehead atoms. The molecular formula is C23H31N5O6. The summed E-state index contributed by atoms with van der Waals surface area (Å²) in [5.74, 6) is -2.08. The van der Waals surface area contributed by atoms with E-state index in [1.807, 2.05) is 13.8 Å². The molecule has 0 saturated heterocycles. The van der Waals surface area contributed by atoms with Crippen LogP contribution in [-0.4, -0.2) is 46.5 Å². The summed E-state index contributed by atoms with van der Waals surface area (Å²) < 4.78 is 6.29. The molecule has 11 heteroatoms. The molecule has 0 aliphatic carbocycles. The van der Waals surface area contributed by atoms with Crippen molar-refractivity contribution in [3.8, 4) is 0 Å². The third-order valence-corrected chi connectivity index (χ3v) is 5.04. The number of H-pyrrole nitrogens is 1. The Kier molecular flexibility index (Phi) is 9.60. The van der Waals surface area contributed by atoms with E-state index in [1.54, 1.807) is 30.3 Å². The van der Waals surface area contributed by atoms with E-state index in [0.717, 1.165) is 11.3 Å². The highest BCUT2D eigenvalue weighted by molar-refractivity contribution is 5.98. The largest absolute Gasteiger partial charge is 0.454 e. The lowest BCUT2D eigenvalue weighted by Gasteiger charge is -2.24. The zero-order chi connectivity index (χ0) is 25.3. The van der Waals surface area contributed by atoms with E-state index in [4.69, 9.17) is 10.5 Å². The van der Waals surface area contributed by atoms with Gasteiger partial charge >= 0.3 is 11.7 Å². The van der Waals surface area contributed by atoms with Crippen molar-refractivity contribution in [2.45, 2.75) is 52.6 Å². The first-order valence-electron chi connectivity index (χ1n) is 11.2. The molecule has 1 aromatic carbocycles. The Balaban J connectivity index is 2.15. The monoisotopic (exact) mass is 473 g/mol. The van der Waals surface area contributed by atoms with Gasteiger partial charge in [0, 0.05) is 18.7 Å². The Morgan fingerprint density at radius 1 is 1.15 bits per heavy atom. The number of benzene rings is 1. The lowest BCUT2D eigenvalue weighted by Crippen LogP contribution is -2.44. The zero-order valence-electron chi connectivity index (χ0n) is 19.6. The average Bonchev–Trinajstić information content (AvgIpc) is 2.82. The number of hydrogen-bond acceptors (Lipinski definition) is 7. The molecule has 0 unspecified atom stereocenters. The van der Waals surface area contributed by atoms with Gasteiger partial charge in [0.1, 0.15) is 11.9 Å². The molecule has 2 amide bonds. The van der Waals surface area contributed by atoms with Gasteiger partial charge in [-0.3, -0.25) is 23.9 Å². The number of hydrogen-bond donors (Lipinski definition) is 3. The van der Waals surface area contributed by atoms with Crippen LogP contribution in [0.4, 0.5) is 11.5 Å². The van der Waals surface area contributed by atoms with Gasteiger partial charge in [-0.15, -0.1) is 0 Å². The minimum atomic E-state index is -1.01. The maximum absolute atomic E-state index is 12.9. The van der Waals surface area contributed by atoms with Gasteiger partial charge in [0.15, 0.2) is 12.3 Å². The van der Waals surface area contributed by atoms with Gasteiger partial charge in [0.05, 0.1) is 0 Å². The summed E-state index contributed by atoms with van der Waals surface area (Å²) >= 11 is 0. The lowest BCUT2D eigenvalue weighted by molar-refractivity contribution is -0.149. The Morgan fingerprint density at radius 2 is 1.82 bits per heavy atom. The van der Waals surface area contributed by atoms with Crippen molar-refractivity contribution in [3.05, 3.63) is 56.7 Å². The van der Waals surface area contributed by atoms with Crippen LogP contribution in [0.25, 0.3) is 0 Å². The number of carbonyl (C=O) groups is 3. The van der Waals surface area contributed by atoms with Crippen molar-refractivity contribution in [1.82, 2.24) is 14.9 Å². The lowest BCUT2D eigenvalue weighted by atomic mass is 10.2. The predicted octanol–water partition coefficient (Wildman–Crippen LogP) is 1.02. The van der Waals surface area contributed by atoms with Crippen molar-refractivity contribution in [1.29, 1.82) is 0 Å². The van der Waals surface area contributed by atoms with Crippen molar-refractivity contribution < 1.29 is 19.1 Å². The topological polar surface area (TPSA) is 157 Å². The smallest absolute Gasteiger partial charge is 0.330 e. The molecule has 1 aromatic heterocycles. The number of esters is 1. The molecule has 11 nitrogen and oxygen atoms in total. The summed E-state index contributed by atoms with van der Waals surface area (Å²) in [4.78, 5) is 65.5. The van der Waals surface area contributed by atoms with Gasteiger partial charge in [0.25, 0.3) is 17.4 Å². The third kappa shape index (κ3) is 6.56. The minimum absolute atomic E-state index is 0.130. The second-order valence-electron chi connectivity index (χ2n) is 7.71. The highest BCUT2D eigenvalue weighted by Crippen LogP contribution is 2.18. The molecule has 1 heterocycles. The first-order chi connectivity index (χ1) is 16.2. The first-order valence-corrected chi connectivity index (χ1v) is 11.2. The molecule has 0 fully saturated rings. The number of unbranched alkanes of at least 4 members (excludes halogenated alkanes) is 1. The molecule has 1 atom stereocenters. The fourth-order valence-corrected chi connectivity index (χ4v) is 3.23. The van der Waals surface area contributed by atoms with Crippen LogP contribution in [0, 0.1) is 0 Å². The van der Waals surface area contributed by atoms with Crippen LogP contribution in [0.2, 0.25) is 0 Å². The van der Waals surface area contributed by atoms with Crippen LogP contribution in [0.5, 0.6) is 0 Å². The molecule has 0 radical (unpaired) electrons.